The first-order valence-corrected chi connectivity index (χ1v) is 4.95. The van der Waals surface area contributed by atoms with Crippen LogP contribution in [-0.4, -0.2) is 18.7 Å². The molecule has 5 heteroatoms. The summed E-state index contributed by atoms with van der Waals surface area (Å²) in [7, 11) is 0. The van der Waals surface area contributed by atoms with Crippen molar-refractivity contribution in [2.45, 2.75) is 45.5 Å². The molecule has 1 saturated heterocycles. The molecule has 0 spiro atoms. The van der Waals surface area contributed by atoms with Gasteiger partial charge in [-0.25, -0.2) is 4.79 Å². The molecular formula is C9H16O5. The predicted octanol–water partition coefficient (Wildman–Crippen LogP) is 2.36. The van der Waals surface area contributed by atoms with E-state index >= 15 is 0 Å². The van der Waals surface area contributed by atoms with Crippen LogP contribution < -0.4 is 0 Å². The number of carbonyl (C=O) groups is 1. The first-order chi connectivity index (χ1) is 6.72. The Hall–Kier alpha value is -0.810. The summed E-state index contributed by atoms with van der Waals surface area (Å²) in [5.74, 6) is -1.15. The van der Waals surface area contributed by atoms with E-state index in [0.29, 0.717) is 13.0 Å². The molecule has 0 saturated carbocycles. The van der Waals surface area contributed by atoms with E-state index in [2.05, 4.69) is 9.78 Å². The zero-order chi connectivity index (χ0) is 10.4. The molecule has 0 unspecified atom stereocenters. The molecule has 0 aromatic rings. The first kappa shape index (κ1) is 11.3. The van der Waals surface area contributed by atoms with E-state index in [4.69, 9.17) is 9.47 Å². The Morgan fingerprint density at radius 3 is 2.50 bits per heavy atom. The quantitative estimate of drug-likeness (QED) is 0.287. The van der Waals surface area contributed by atoms with Crippen molar-refractivity contribution in [3.05, 3.63) is 0 Å². The van der Waals surface area contributed by atoms with Gasteiger partial charge in [0.1, 0.15) is 0 Å². The van der Waals surface area contributed by atoms with E-state index in [1.807, 2.05) is 13.8 Å². The Morgan fingerprint density at radius 1 is 1.29 bits per heavy atom. The third-order valence-corrected chi connectivity index (χ3v) is 1.78. The Balaban J connectivity index is 2.13. The Morgan fingerprint density at radius 2 is 2.00 bits per heavy atom. The topological polar surface area (TPSA) is 60.6 Å². The van der Waals surface area contributed by atoms with Crippen LogP contribution in [0.3, 0.4) is 0 Å². The third kappa shape index (κ3) is 3.51. The molecule has 0 bridgehead atoms. The van der Waals surface area contributed by atoms with Crippen molar-refractivity contribution in [2.75, 3.05) is 6.61 Å². The zero-order valence-corrected chi connectivity index (χ0v) is 8.58. The smallest absolute Gasteiger partial charge is 0.434 e. The molecular weight excluding hydrogens is 188 g/mol. The van der Waals surface area contributed by atoms with Gasteiger partial charge in [-0.1, -0.05) is 20.3 Å². The molecule has 0 radical (unpaired) electrons. The molecule has 0 amide bonds. The van der Waals surface area contributed by atoms with Crippen LogP contribution in [0, 0.1) is 0 Å². The molecule has 1 aliphatic heterocycles. The molecule has 1 heterocycles. The van der Waals surface area contributed by atoms with Crippen molar-refractivity contribution in [1.82, 2.24) is 0 Å². The Labute approximate surface area is 83.2 Å². The fourth-order valence-corrected chi connectivity index (χ4v) is 0.977. The van der Waals surface area contributed by atoms with Gasteiger partial charge in [0.25, 0.3) is 0 Å². The van der Waals surface area contributed by atoms with Crippen molar-refractivity contribution in [1.29, 1.82) is 0 Å². The highest BCUT2D eigenvalue weighted by atomic mass is 17.5. The van der Waals surface area contributed by atoms with Crippen LogP contribution in [0.15, 0.2) is 0 Å². The lowest BCUT2D eigenvalue weighted by molar-refractivity contribution is -0.0471. The van der Waals surface area contributed by atoms with Crippen LogP contribution in [0.1, 0.15) is 39.5 Å². The molecule has 1 rings (SSSR count). The summed E-state index contributed by atoms with van der Waals surface area (Å²) in [6.45, 7) is 4.33. The molecule has 0 aromatic carbocycles. The average molecular weight is 204 g/mol. The SMILES string of the molecule is CCCCOC(=O)OC1(CCC)OO1. The molecule has 0 aromatic heterocycles. The highest BCUT2D eigenvalue weighted by Gasteiger charge is 2.53. The van der Waals surface area contributed by atoms with Crippen LogP contribution in [0.5, 0.6) is 0 Å². The minimum absolute atomic E-state index is 0.373. The second-order valence-electron chi connectivity index (χ2n) is 3.15. The maximum absolute atomic E-state index is 11.0. The van der Waals surface area contributed by atoms with E-state index in [9.17, 15) is 4.79 Å². The molecule has 0 N–H and O–H groups in total. The summed E-state index contributed by atoms with van der Waals surface area (Å²) < 4.78 is 9.61. The number of hydrogen-bond donors (Lipinski definition) is 0. The Kier molecular flexibility index (Phi) is 4.16. The van der Waals surface area contributed by atoms with Crippen LogP contribution in [0.25, 0.3) is 0 Å². The van der Waals surface area contributed by atoms with Gasteiger partial charge in [0.2, 0.25) is 0 Å². The van der Waals surface area contributed by atoms with E-state index in [0.717, 1.165) is 19.3 Å². The minimum Gasteiger partial charge on any atom is -0.434 e. The van der Waals surface area contributed by atoms with Crippen molar-refractivity contribution in [3.8, 4) is 0 Å². The molecule has 1 aliphatic rings. The second-order valence-corrected chi connectivity index (χ2v) is 3.15. The van der Waals surface area contributed by atoms with Gasteiger partial charge < -0.3 is 9.47 Å². The van der Waals surface area contributed by atoms with E-state index in [1.54, 1.807) is 0 Å². The number of rotatable bonds is 6. The number of carbonyl (C=O) groups excluding carboxylic acids is 1. The second kappa shape index (κ2) is 5.17. The summed E-state index contributed by atoms with van der Waals surface area (Å²) in [4.78, 5) is 20.2. The average Bonchev–Trinajstić information content (AvgIpc) is 2.86. The summed E-state index contributed by atoms with van der Waals surface area (Å²) in [6.07, 6.45) is 2.40. The zero-order valence-electron chi connectivity index (χ0n) is 8.58. The van der Waals surface area contributed by atoms with Gasteiger partial charge in [0.05, 0.1) is 6.61 Å². The molecule has 0 atom stereocenters. The van der Waals surface area contributed by atoms with Gasteiger partial charge in [0, 0.05) is 6.42 Å². The molecule has 82 valence electrons. The van der Waals surface area contributed by atoms with Crippen LogP contribution in [0.4, 0.5) is 4.79 Å². The maximum atomic E-state index is 11.0. The van der Waals surface area contributed by atoms with Gasteiger partial charge in [-0.15, -0.1) is 0 Å². The molecule has 1 fully saturated rings. The summed E-state index contributed by atoms with van der Waals surface area (Å²) in [6, 6.07) is 0. The molecule has 14 heavy (non-hydrogen) atoms. The lowest BCUT2D eigenvalue weighted by atomic mass is 10.3. The fraction of sp³-hybridized carbons (Fsp3) is 0.889. The van der Waals surface area contributed by atoms with Gasteiger partial charge in [-0.3, -0.25) is 0 Å². The highest BCUT2D eigenvalue weighted by molar-refractivity contribution is 5.60. The number of ether oxygens (including phenoxy) is 2. The van der Waals surface area contributed by atoms with E-state index in [1.165, 1.54) is 0 Å². The van der Waals surface area contributed by atoms with Crippen LogP contribution in [0.2, 0.25) is 0 Å². The lowest BCUT2D eigenvalue weighted by Gasteiger charge is -2.07. The summed E-state index contributed by atoms with van der Waals surface area (Å²) in [5, 5.41) is 0. The normalized spacial score (nSPS) is 17.6. The number of unbranched alkanes of at least 4 members (excludes halogenated alkanes) is 1. The van der Waals surface area contributed by atoms with E-state index in [-0.39, 0.29) is 0 Å². The van der Waals surface area contributed by atoms with Crippen LogP contribution in [-0.2, 0) is 19.2 Å². The largest absolute Gasteiger partial charge is 0.512 e. The van der Waals surface area contributed by atoms with Crippen molar-refractivity contribution in [2.24, 2.45) is 0 Å². The minimum atomic E-state index is -1.15. The van der Waals surface area contributed by atoms with Crippen molar-refractivity contribution in [3.63, 3.8) is 0 Å². The monoisotopic (exact) mass is 204 g/mol. The molecule has 5 nitrogen and oxygen atoms in total. The van der Waals surface area contributed by atoms with E-state index < -0.39 is 12.1 Å². The van der Waals surface area contributed by atoms with Gasteiger partial charge in [-0.05, 0) is 12.8 Å². The lowest BCUT2D eigenvalue weighted by Crippen LogP contribution is -2.21. The van der Waals surface area contributed by atoms with Crippen LogP contribution >= 0.6 is 0 Å². The molecule has 0 aliphatic carbocycles. The summed E-state index contributed by atoms with van der Waals surface area (Å²) >= 11 is 0. The summed E-state index contributed by atoms with van der Waals surface area (Å²) in [5.41, 5.74) is 0. The number of hydrogen-bond acceptors (Lipinski definition) is 5. The third-order valence-electron chi connectivity index (χ3n) is 1.78. The highest BCUT2D eigenvalue weighted by Crippen LogP contribution is 2.35. The Bertz CT molecular complexity index is 188. The van der Waals surface area contributed by atoms with Crippen molar-refractivity contribution < 1.29 is 24.0 Å². The van der Waals surface area contributed by atoms with Gasteiger partial charge in [0.15, 0.2) is 0 Å². The van der Waals surface area contributed by atoms with Gasteiger partial charge >= 0.3 is 12.1 Å². The van der Waals surface area contributed by atoms with Crippen molar-refractivity contribution >= 4 is 6.16 Å². The standard InChI is InChI=1S/C9H16O5/c1-3-5-7-11-8(10)12-9(6-4-2)13-14-9/h3-7H2,1-2H3. The fourth-order valence-electron chi connectivity index (χ4n) is 0.977. The first-order valence-electron chi connectivity index (χ1n) is 4.95. The maximum Gasteiger partial charge on any atom is 0.512 e. The van der Waals surface area contributed by atoms with Gasteiger partial charge in [-0.2, -0.15) is 9.78 Å². The predicted molar refractivity (Wildman–Crippen MR) is 47.2 cm³/mol.